The van der Waals surface area contributed by atoms with Gasteiger partial charge in [0, 0.05) is 31.3 Å². The normalized spacial score (nSPS) is 16.1. The van der Waals surface area contributed by atoms with E-state index >= 15 is 0 Å². The van der Waals surface area contributed by atoms with Crippen LogP contribution in [0.5, 0.6) is 11.5 Å². The van der Waals surface area contributed by atoms with Crippen LogP contribution in [0.25, 0.3) is 0 Å². The lowest BCUT2D eigenvalue weighted by Gasteiger charge is -2.22. The molecule has 0 aliphatic carbocycles. The minimum absolute atomic E-state index is 0.521. The fourth-order valence-corrected chi connectivity index (χ4v) is 2.35. The minimum atomic E-state index is 0.521. The predicted molar refractivity (Wildman–Crippen MR) is 80.1 cm³/mol. The van der Waals surface area contributed by atoms with Crippen LogP contribution in [-0.2, 0) is 9.47 Å². The summed E-state index contributed by atoms with van der Waals surface area (Å²) in [6.07, 6.45) is 2.13. The topological polar surface area (TPSA) is 36.9 Å². The van der Waals surface area contributed by atoms with Crippen LogP contribution in [-0.4, -0.2) is 40.1 Å². The molecular weight excluding hydrogens is 276 g/mol. The Bertz CT molecular complexity index is 405. The number of thiol groups is 1. The van der Waals surface area contributed by atoms with Crippen LogP contribution >= 0.6 is 12.6 Å². The summed E-state index contributed by atoms with van der Waals surface area (Å²) in [7, 11) is 1.65. The van der Waals surface area contributed by atoms with Gasteiger partial charge in [0.2, 0.25) is 0 Å². The second kappa shape index (κ2) is 8.39. The van der Waals surface area contributed by atoms with Gasteiger partial charge in [-0.05, 0) is 30.9 Å². The van der Waals surface area contributed by atoms with Gasteiger partial charge in [-0.25, -0.2) is 0 Å². The van der Waals surface area contributed by atoms with Crippen LogP contribution in [0.4, 0.5) is 0 Å². The molecule has 1 aliphatic heterocycles. The standard InChI is InChI=1S/C15H22O4S/c1-16-6-7-18-13-8-14(10-15(20)9-13)19-11-12-2-4-17-5-3-12/h8-10,12,20H,2-7,11H2,1H3. The van der Waals surface area contributed by atoms with Crippen molar-refractivity contribution < 1.29 is 18.9 Å². The predicted octanol–water partition coefficient (Wildman–Crippen LogP) is 2.81. The van der Waals surface area contributed by atoms with Crippen LogP contribution < -0.4 is 9.47 Å². The van der Waals surface area contributed by atoms with Crippen LogP contribution in [0.1, 0.15) is 12.8 Å². The maximum absolute atomic E-state index is 5.86. The van der Waals surface area contributed by atoms with Crippen molar-refractivity contribution in [1.29, 1.82) is 0 Å². The molecule has 2 rings (SSSR count). The lowest BCUT2D eigenvalue weighted by Crippen LogP contribution is -2.21. The molecule has 0 atom stereocenters. The molecule has 0 radical (unpaired) electrons. The molecule has 0 N–H and O–H groups in total. The third-order valence-electron chi connectivity index (χ3n) is 3.25. The van der Waals surface area contributed by atoms with Crippen LogP contribution in [0.2, 0.25) is 0 Å². The first-order chi connectivity index (χ1) is 9.78. The third kappa shape index (κ3) is 5.23. The number of hydrogen-bond donors (Lipinski definition) is 1. The molecule has 112 valence electrons. The molecule has 0 unspecified atom stereocenters. The van der Waals surface area contributed by atoms with E-state index in [-0.39, 0.29) is 0 Å². The fraction of sp³-hybridized carbons (Fsp3) is 0.600. The van der Waals surface area contributed by atoms with Crippen molar-refractivity contribution in [2.75, 3.05) is 40.1 Å². The molecule has 1 aromatic rings. The number of benzene rings is 1. The summed E-state index contributed by atoms with van der Waals surface area (Å²) in [4.78, 5) is 0.835. The first-order valence-corrected chi connectivity index (χ1v) is 7.39. The molecule has 1 saturated heterocycles. The van der Waals surface area contributed by atoms with Gasteiger partial charge >= 0.3 is 0 Å². The van der Waals surface area contributed by atoms with E-state index in [1.165, 1.54) is 0 Å². The highest BCUT2D eigenvalue weighted by molar-refractivity contribution is 7.80. The summed E-state index contributed by atoms with van der Waals surface area (Å²) in [5.41, 5.74) is 0. The lowest BCUT2D eigenvalue weighted by atomic mass is 10.0. The van der Waals surface area contributed by atoms with Crippen molar-refractivity contribution in [3.63, 3.8) is 0 Å². The van der Waals surface area contributed by atoms with Crippen molar-refractivity contribution in [1.82, 2.24) is 0 Å². The molecule has 20 heavy (non-hydrogen) atoms. The maximum atomic E-state index is 5.86. The summed E-state index contributed by atoms with van der Waals surface area (Å²) in [6, 6.07) is 5.68. The Hall–Kier alpha value is -0.910. The van der Waals surface area contributed by atoms with Crippen molar-refractivity contribution in [3.8, 4) is 11.5 Å². The molecule has 0 aromatic heterocycles. The van der Waals surface area contributed by atoms with Gasteiger partial charge in [-0.2, -0.15) is 0 Å². The van der Waals surface area contributed by atoms with Crippen molar-refractivity contribution in [2.45, 2.75) is 17.7 Å². The zero-order valence-corrected chi connectivity index (χ0v) is 12.7. The SMILES string of the molecule is COCCOc1cc(S)cc(OCC2CCOCC2)c1. The summed E-state index contributed by atoms with van der Waals surface area (Å²) < 4.78 is 21.8. The molecular formula is C15H22O4S. The third-order valence-corrected chi connectivity index (χ3v) is 3.51. The Labute approximate surface area is 125 Å². The van der Waals surface area contributed by atoms with Gasteiger partial charge in [-0.3, -0.25) is 0 Å². The quantitative estimate of drug-likeness (QED) is 0.620. The molecule has 0 amide bonds. The largest absolute Gasteiger partial charge is 0.493 e. The van der Waals surface area contributed by atoms with Crippen LogP contribution in [0, 0.1) is 5.92 Å². The van der Waals surface area contributed by atoms with Crippen LogP contribution in [0.3, 0.4) is 0 Å². The van der Waals surface area contributed by atoms with Gasteiger partial charge in [0.15, 0.2) is 0 Å². The zero-order valence-electron chi connectivity index (χ0n) is 11.8. The smallest absolute Gasteiger partial charge is 0.124 e. The number of methoxy groups -OCH3 is 1. The highest BCUT2D eigenvalue weighted by atomic mass is 32.1. The zero-order chi connectivity index (χ0) is 14.2. The van der Waals surface area contributed by atoms with Crippen molar-refractivity contribution in [3.05, 3.63) is 18.2 Å². The molecule has 4 nitrogen and oxygen atoms in total. The molecule has 5 heteroatoms. The molecule has 0 bridgehead atoms. The van der Waals surface area contributed by atoms with Gasteiger partial charge < -0.3 is 18.9 Å². The Morgan fingerprint density at radius 1 is 1.10 bits per heavy atom. The van der Waals surface area contributed by atoms with E-state index in [1.807, 2.05) is 18.2 Å². The summed E-state index contributed by atoms with van der Waals surface area (Å²) in [6.45, 7) is 3.48. The monoisotopic (exact) mass is 298 g/mol. The first kappa shape index (κ1) is 15.5. The summed E-state index contributed by atoms with van der Waals surface area (Å²) in [5.74, 6) is 2.14. The Balaban J connectivity index is 1.86. The van der Waals surface area contributed by atoms with Gasteiger partial charge in [0.05, 0.1) is 13.2 Å². The minimum Gasteiger partial charge on any atom is -0.493 e. The summed E-state index contributed by atoms with van der Waals surface area (Å²) >= 11 is 4.38. The number of rotatable bonds is 7. The average Bonchev–Trinajstić information content (AvgIpc) is 2.46. The second-order valence-corrected chi connectivity index (χ2v) is 5.39. The molecule has 1 aliphatic rings. The van der Waals surface area contributed by atoms with E-state index in [0.717, 1.165) is 49.1 Å². The molecule has 1 aromatic carbocycles. The lowest BCUT2D eigenvalue weighted by molar-refractivity contribution is 0.0496. The van der Waals surface area contributed by atoms with Gasteiger partial charge in [0.1, 0.15) is 18.1 Å². The average molecular weight is 298 g/mol. The van der Waals surface area contributed by atoms with E-state index in [0.29, 0.717) is 19.1 Å². The number of ether oxygens (including phenoxy) is 4. The van der Waals surface area contributed by atoms with E-state index in [2.05, 4.69) is 12.6 Å². The first-order valence-electron chi connectivity index (χ1n) is 6.94. The Kier molecular flexibility index (Phi) is 6.50. The highest BCUT2D eigenvalue weighted by Gasteiger charge is 2.14. The maximum Gasteiger partial charge on any atom is 0.124 e. The van der Waals surface area contributed by atoms with Crippen molar-refractivity contribution in [2.24, 2.45) is 5.92 Å². The van der Waals surface area contributed by atoms with Gasteiger partial charge in [0.25, 0.3) is 0 Å². The second-order valence-electron chi connectivity index (χ2n) is 4.87. The Morgan fingerprint density at radius 2 is 1.80 bits per heavy atom. The van der Waals surface area contributed by atoms with E-state index in [4.69, 9.17) is 18.9 Å². The van der Waals surface area contributed by atoms with E-state index in [9.17, 15) is 0 Å². The van der Waals surface area contributed by atoms with Gasteiger partial charge in [-0.1, -0.05) is 0 Å². The van der Waals surface area contributed by atoms with E-state index < -0.39 is 0 Å². The van der Waals surface area contributed by atoms with Gasteiger partial charge in [-0.15, -0.1) is 12.6 Å². The molecule has 0 saturated carbocycles. The number of hydrogen-bond acceptors (Lipinski definition) is 5. The van der Waals surface area contributed by atoms with Crippen LogP contribution in [0.15, 0.2) is 23.1 Å². The summed E-state index contributed by atoms with van der Waals surface area (Å²) in [5, 5.41) is 0. The van der Waals surface area contributed by atoms with E-state index in [1.54, 1.807) is 7.11 Å². The molecule has 1 fully saturated rings. The fourth-order valence-electron chi connectivity index (χ4n) is 2.09. The molecule has 1 heterocycles. The van der Waals surface area contributed by atoms with Crippen molar-refractivity contribution >= 4 is 12.6 Å². The molecule has 0 spiro atoms. The highest BCUT2D eigenvalue weighted by Crippen LogP contribution is 2.26. The Morgan fingerprint density at radius 3 is 2.50 bits per heavy atom.